The van der Waals surface area contributed by atoms with Crippen LogP contribution in [0.25, 0.3) is 0 Å². The lowest BCUT2D eigenvalue weighted by atomic mass is 9.84. The summed E-state index contributed by atoms with van der Waals surface area (Å²) < 4.78 is 37.3. The van der Waals surface area contributed by atoms with Crippen molar-refractivity contribution in [3.63, 3.8) is 0 Å². The Hall–Kier alpha value is -2.81. The minimum absolute atomic E-state index is 0.152. The number of rotatable bonds is 6. The standard InChI is InChI=1S/C24H26N2O5S/c1-17-4-6-18(7-5-17)21(19-8-10-20(11-9-19)32(3,28)29)16-24(30-14-15-31-24)22-12-13-23(27)26(2)25-22/h4-13,21H,14-16H2,1-3H3. The first kappa shape index (κ1) is 22.4. The van der Waals surface area contributed by atoms with Gasteiger partial charge in [-0.2, -0.15) is 5.10 Å². The number of sulfone groups is 1. The minimum atomic E-state index is -3.29. The maximum Gasteiger partial charge on any atom is 0.266 e. The number of nitrogens with zero attached hydrogens (tertiary/aromatic N) is 2. The van der Waals surface area contributed by atoms with Gasteiger partial charge in [0.2, 0.25) is 5.79 Å². The van der Waals surface area contributed by atoms with Gasteiger partial charge in [-0.3, -0.25) is 4.79 Å². The number of benzene rings is 2. The molecule has 7 nitrogen and oxygen atoms in total. The van der Waals surface area contributed by atoms with E-state index in [0.29, 0.717) is 25.3 Å². The molecule has 0 aliphatic carbocycles. The van der Waals surface area contributed by atoms with Gasteiger partial charge in [-0.25, -0.2) is 13.1 Å². The largest absolute Gasteiger partial charge is 0.342 e. The summed E-state index contributed by atoms with van der Waals surface area (Å²) in [5.74, 6) is -1.27. The Morgan fingerprint density at radius 2 is 1.53 bits per heavy atom. The third kappa shape index (κ3) is 4.53. The maximum atomic E-state index is 11.9. The molecule has 0 saturated carbocycles. The molecule has 1 fully saturated rings. The van der Waals surface area contributed by atoms with Crippen LogP contribution in [0.1, 0.15) is 34.7 Å². The van der Waals surface area contributed by atoms with Crippen LogP contribution in [0.4, 0.5) is 0 Å². The van der Waals surface area contributed by atoms with Crippen LogP contribution in [0.15, 0.2) is 70.4 Å². The quantitative estimate of drug-likeness (QED) is 0.569. The van der Waals surface area contributed by atoms with E-state index in [1.807, 2.05) is 31.2 Å². The van der Waals surface area contributed by atoms with Crippen molar-refractivity contribution in [2.24, 2.45) is 7.05 Å². The normalized spacial score (nSPS) is 16.7. The fourth-order valence-electron chi connectivity index (χ4n) is 3.97. The highest BCUT2D eigenvalue weighted by Crippen LogP contribution is 2.42. The van der Waals surface area contributed by atoms with Crippen molar-refractivity contribution in [1.29, 1.82) is 0 Å². The van der Waals surface area contributed by atoms with Crippen molar-refractivity contribution in [2.45, 2.75) is 29.9 Å². The number of hydrogen-bond donors (Lipinski definition) is 0. The molecule has 1 saturated heterocycles. The van der Waals surface area contributed by atoms with Gasteiger partial charge in [-0.15, -0.1) is 0 Å². The third-order valence-corrected chi connectivity index (χ3v) is 6.90. The Balaban J connectivity index is 1.79. The first-order valence-corrected chi connectivity index (χ1v) is 12.3. The zero-order chi connectivity index (χ0) is 22.9. The van der Waals surface area contributed by atoms with E-state index in [4.69, 9.17) is 9.47 Å². The first-order valence-electron chi connectivity index (χ1n) is 10.4. The molecular formula is C24H26N2O5S. The summed E-state index contributed by atoms with van der Waals surface area (Å²) in [4.78, 5) is 12.1. The maximum absolute atomic E-state index is 11.9. The van der Waals surface area contributed by atoms with Crippen molar-refractivity contribution < 1.29 is 17.9 Å². The van der Waals surface area contributed by atoms with E-state index < -0.39 is 15.6 Å². The second-order valence-electron chi connectivity index (χ2n) is 8.14. The Bertz CT molecular complexity index is 1260. The molecule has 2 aromatic carbocycles. The molecule has 1 aromatic heterocycles. The van der Waals surface area contributed by atoms with Gasteiger partial charge in [0.15, 0.2) is 9.84 Å². The van der Waals surface area contributed by atoms with Gasteiger partial charge in [0.1, 0.15) is 5.69 Å². The summed E-state index contributed by atoms with van der Waals surface area (Å²) in [6.07, 6.45) is 1.61. The monoisotopic (exact) mass is 454 g/mol. The second kappa shape index (κ2) is 8.61. The smallest absolute Gasteiger partial charge is 0.266 e. The number of aryl methyl sites for hydroxylation is 2. The van der Waals surface area contributed by atoms with E-state index in [1.54, 1.807) is 25.2 Å². The average molecular weight is 455 g/mol. The fourth-order valence-corrected chi connectivity index (χ4v) is 4.60. The molecular weight excluding hydrogens is 428 g/mol. The van der Waals surface area contributed by atoms with E-state index in [0.717, 1.165) is 16.7 Å². The number of hydrogen-bond acceptors (Lipinski definition) is 6. The predicted molar refractivity (Wildman–Crippen MR) is 120 cm³/mol. The van der Waals surface area contributed by atoms with E-state index in [2.05, 4.69) is 17.2 Å². The number of aromatic nitrogens is 2. The molecule has 0 amide bonds. The lowest BCUT2D eigenvalue weighted by Gasteiger charge is -2.31. The summed E-state index contributed by atoms with van der Waals surface area (Å²) in [7, 11) is -1.70. The zero-order valence-electron chi connectivity index (χ0n) is 18.3. The molecule has 1 atom stereocenters. The van der Waals surface area contributed by atoms with Crippen LogP contribution < -0.4 is 5.56 Å². The van der Waals surface area contributed by atoms with Gasteiger partial charge >= 0.3 is 0 Å². The molecule has 168 valence electrons. The van der Waals surface area contributed by atoms with Crippen molar-refractivity contribution in [1.82, 2.24) is 9.78 Å². The van der Waals surface area contributed by atoms with Crippen LogP contribution in [0.2, 0.25) is 0 Å². The van der Waals surface area contributed by atoms with Crippen molar-refractivity contribution in [3.05, 3.63) is 93.4 Å². The van der Waals surface area contributed by atoms with Gasteiger partial charge in [0, 0.05) is 31.7 Å². The summed E-state index contributed by atoms with van der Waals surface area (Å²) >= 11 is 0. The Labute approximate surface area is 187 Å². The Morgan fingerprint density at radius 1 is 0.969 bits per heavy atom. The molecule has 8 heteroatoms. The van der Waals surface area contributed by atoms with Gasteiger partial charge in [0.05, 0.1) is 18.1 Å². The lowest BCUT2D eigenvalue weighted by molar-refractivity contribution is -0.176. The van der Waals surface area contributed by atoms with Gasteiger partial charge in [0.25, 0.3) is 5.56 Å². The Kier molecular flexibility index (Phi) is 6.03. The SMILES string of the molecule is Cc1ccc(C(CC2(c3ccc(=O)n(C)n3)OCCO2)c2ccc(S(C)(=O)=O)cc2)cc1. The van der Waals surface area contributed by atoms with E-state index >= 15 is 0 Å². The van der Waals surface area contributed by atoms with Crippen molar-refractivity contribution in [2.75, 3.05) is 19.5 Å². The van der Waals surface area contributed by atoms with Crippen molar-refractivity contribution in [3.8, 4) is 0 Å². The molecule has 1 aliphatic rings. The summed E-state index contributed by atoms with van der Waals surface area (Å²) in [5, 5.41) is 4.40. The molecule has 1 unspecified atom stereocenters. The van der Waals surface area contributed by atoms with Crippen LogP contribution in [-0.2, 0) is 32.1 Å². The molecule has 0 radical (unpaired) electrons. The summed E-state index contributed by atoms with van der Waals surface area (Å²) in [6, 6.07) is 18.2. The van der Waals surface area contributed by atoms with Gasteiger partial charge < -0.3 is 9.47 Å². The molecule has 1 aliphatic heterocycles. The molecule has 0 N–H and O–H groups in total. The molecule has 3 aromatic rings. The average Bonchev–Trinajstić information content (AvgIpc) is 3.24. The zero-order valence-corrected chi connectivity index (χ0v) is 19.1. The van der Waals surface area contributed by atoms with Crippen molar-refractivity contribution >= 4 is 9.84 Å². The summed E-state index contributed by atoms with van der Waals surface area (Å²) in [6.45, 7) is 2.86. The lowest BCUT2D eigenvalue weighted by Crippen LogP contribution is -2.34. The van der Waals surface area contributed by atoms with Crippen LogP contribution in [0.3, 0.4) is 0 Å². The van der Waals surface area contributed by atoms with E-state index in [1.165, 1.54) is 17.0 Å². The van der Waals surface area contributed by atoms with Crippen LogP contribution >= 0.6 is 0 Å². The Morgan fingerprint density at radius 3 is 2.06 bits per heavy atom. The minimum Gasteiger partial charge on any atom is -0.342 e. The summed E-state index contributed by atoms with van der Waals surface area (Å²) in [5.41, 5.74) is 3.44. The highest BCUT2D eigenvalue weighted by atomic mass is 32.2. The number of ether oxygens (including phenoxy) is 2. The highest BCUT2D eigenvalue weighted by Gasteiger charge is 2.43. The second-order valence-corrected chi connectivity index (χ2v) is 10.2. The van der Waals surface area contributed by atoms with Gasteiger partial charge in [-0.05, 0) is 36.2 Å². The predicted octanol–water partition coefficient (Wildman–Crippen LogP) is 2.91. The molecule has 4 rings (SSSR count). The van der Waals surface area contributed by atoms with Crippen LogP contribution in [-0.4, -0.2) is 37.7 Å². The van der Waals surface area contributed by atoms with E-state index in [-0.39, 0.29) is 16.4 Å². The fraction of sp³-hybridized carbons (Fsp3) is 0.333. The molecule has 0 spiro atoms. The van der Waals surface area contributed by atoms with Crippen LogP contribution in [0, 0.1) is 6.92 Å². The third-order valence-electron chi connectivity index (χ3n) is 5.77. The topological polar surface area (TPSA) is 87.5 Å². The van der Waals surface area contributed by atoms with Gasteiger partial charge in [-0.1, -0.05) is 42.0 Å². The van der Waals surface area contributed by atoms with E-state index in [9.17, 15) is 13.2 Å². The van der Waals surface area contributed by atoms with Crippen LogP contribution in [0.5, 0.6) is 0 Å². The molecule has 2 heterocycles. The highest BCUT2D eigenvalue weighted by molar-refractivity contribution is 7.90. The molecule has 32 heavy (non-hydrogen) atoms. The first-order chi connectivity index (χ1) is 15.2. The molecule has 0 bridgehead atoms.